The van der Waals surface area contributed by atoms with E-state index in [4.69, 9.17) is 4.74 Å². The first-order valence-corrected chi connectivity index (χ1v) is 7.49. The molecule has 0 radical (unpaired) electrons. The van der Waals surface area contributed by atoms with Crippen LogP contribution in [0.1, 0.15) is 44.7 Å². The van der Waals surface area contributed by atoms with Gasteiger partial charge in [0.25, 0.3) is 0 Å². The first-order chi connectivity index (χ1) is 9.97. The first-order valence-electron chi connectivity index (χ1n) is 7.49. The van der Waals surface area contributed by atoms with Crippen LogP contribution in [-0.2, 0) is 5.60 Å². The molecule has 1 aliphatic heterocycles. The van der Waals surface area contributed by atoms with Crippen LogP contribution in [0.5, 0.6) is 5.75 Å². The summed E-state index contributed by atoms with van der Waals surface area (Å²) in [5.41, 5.74) is 3.52. The number of fused-ring (bicyclic) bond motifs is 1. The van der Waals surface area contributed by atoms with E-state index in [-0.39, 0.29) is 0 Å². The third-order valence-electron chi connectivity index (χ3n) is 3.68. The summed E-state index contributed by atoms with van der Waals surface area (Å²) in [7, 11) is 0. The fourth-order valence-electron chi connectivity index (χ4n) is 2.59. The summed E-state index contributed by atoms with van der Waals surface area (Å²) in [6.07, 6.45) is 7.91. The van der Waals surface area contributed by atoms with Gasteiger partial charge >= 0.3 is 0 Å². The largest absolute Gasteiger partial charge is 0.493 e. The number of allylic oxidation sites excluding steroid dienone is 4. The van der Waals surface area contributed by atoms with E-state index in [9.17, 15) is 5.11 Å². The van der Waals surface area contributed by atoms with Gasteiger partial charge in [0.2, 0.25) is 0 Å². The molecule has 1 aromatic carbocycles. The number of hydrogen-bond donors (Lipinski definition) is 1. The number of hydrogen-bond acceptors (Lipinski definition) is 2. The Morgan fingerprint density at radius 2 is 2.14 bits per heavy atom. The Bertz CT molecular complexity index is 586. The maximum absolute atomic E-state index is 10.3. The van der Waals surface area contributed by atoms with Crippen LogP contribution in [0.2, 0.25) is 0 Å². The van der Waals surface area contributed by atoms with Crippen LogP contribution < -0.4 is 4.74 Å². The lowest BCUT2D eigenvalue weighted by Gasteiger charge is -2.20. The molecule has 0 atom stereocenters. The second-order valence-corrected chi connectivity index (χ2v) is 5.82. The lowest BCUT2D eigenvalue weighted by atomic mass is 9.90. The Morgan fingerprint density at radius 3 is 2.76 bits per heavy atom. The lowest BCUT2D eigenvalue weighted by molar-refractivity contribution is 0.0785. The Labute approximate surface area is 127 Å². The topological polar surface area (TPSA) is 29.5 Å². The minimum atomic E-state index is -0.860. The van der Waals surface area contributed by atoms with E-state index in [0.29, 0.717) is 6.61 Å². The highest BCUT2D eigenvalue weighted by Crippen LogP contribution is 2.38. The minimum absolute atomic E-state index is 0.662. The molecule has 2 nitrogen and oxygen atoms in total. The van der Waals surface area contributed by atoms with Crippen molar-refractivity contribution < 1.29 is 9.84 Å². The summed E-state index contributed by atoms with van der Waals surface area (Å²) >= 11 is 0. The van der Waals surface area contributed by atoms with Crippen molar-refractivity contribution in [3.63, 3.8) is 0 Å². The molecule has 0 unspecified atom stereocenters. The predicted octanol–water partition coefficient (Wildman–Crippen LogP) is 4.60. The molecule has 112 valence electrons. The highest BCUT2D eigenvalue weighted by atomic mass is 16.5. The Kier molecular flexibility index (Phi) is 4.69. The molecule has 21 heavy (non-hydrogen) atoms. The van der Waals surface area contributed by atoms with Crippen LogP contribution >= 0.6 is 0 Å². The standard InChI is InChI=1S/C19H24O2/c1-5-7-14-11-12-21-18-10-9-15(19(3,4)20)13-17(18)16(14)8-6-2/h5,7-10,13,20H,1,6,11-12H2,2-4H3/b14-7+,16-8+. The van der Waals surface area contributed by atoms with E-state index >= 15 is 0 Å². The zero-order valence-electron chi connectivity index (χ0n) is 13.1. The van der Waals surface area contributed by atoms with Gasteiger partial charge in [-0.2, -0.15) is 0 Å². The molecule has 0 saturated heterocycles. The molecule has 0 amide bonds. The first kappa shape index (κ1) is 15.6. The SMILES string of the molecule is C=C/C=C1\CCOc2ccc(C(C)(C)O)cc2\C1=C\CC. The quantitative estimate of drug-likeness (QED) is 0.878. The Morgan fingerprint density at radius 1 is 1.38 bits per heavy atom. The maximum atomic E-state index is 10.3. The molecule has 0 fully saturated rings. The van der Waals surface area contributed by atoms with Crippen LogP contribution in [0.25, 0.3) is 5.57 Å². The predicted molar refractivity (Wildman–Crippen MR) is 88.3 cm³/mol. The molecule has 2 heteroatoms. The molecule has 1 aromatic rings. The monoisotopic (exact) mass is 284 g/mol. The van der Waals surface area contributed by atoms with Gasteiger partial charge in [-0.05, 0) is 49.1 Å². The van der Waals surface area contributed by atoms with E-state index in [0.717, 1.165) is 29.7 Å². The average Bonchev–Trinajstić information content (AvgIpc) is 2.59. The van der Waals surface area contributed by atoms with Gasteiger partial charge in [0.05, 0.1) is 12.2 Å². The van der Waals surface area contributed by atoms with Crippen molar-refractivity contribution in [2.24, 2.45) is 0 Å². The summed E-state index contributed by atoms with van der Waals surface area (Å²) in [5, 5.41) is 10.3. The second kappa shape index (κ2) is 6.31. The van der Waals surface area contributed by atoms with Gasteiger partial charge in [-0.3, -0.25) is 0 Å². The van der Waals surface area contributed by atoms with Crippen LogP contribution in [-0.4, -0.2) is 11.7 Å². The lowest BCUT2D eigenvalue weighted by Crippen LogP contribution is -2.15. The normalized spacial score (nSPS) is 19.0. The van der Waals surface area contributed by atoms with E-state index in [1.165, 1.54) is 11.1 Å². The molecule has 0 spiro atoms. The Balaban J connectivity index is 2.62. The minimum Gasteiger partial charge on any atom is -0.493 e. The van der Waals surface area contributed by atoms with E-state index in [1.54, 1.807) is 13.8 Å². The third-order valence-corrected chi connectivity index (χ3v) is 3.68. The van der Waals surface area contributed by atoms with E-state index < -0.39 is 5.60 Å². The fourth-order valence-corrected chi connectivity index (χ4v) is 2.59. The molecule has 0 saturated carbocycles. The molecular formula is C19H24O2. The van der Waals surface area contributed by atoms with Gasteiger partial charge < -0.3 is 9.84 Å². The zero-order valence-corrected chi connectivity index (χ0v) is 13.1. The number of aliphatic hydroxyl groups is 1. The van der Waals surface area contributed by atoms with Crippen molar-refractivity contribution in [1.29, 1.82) is 0 Å². The highest BCUT2D eigenvalue weighted by molar-refractivity contribution is 5.83. The molecule has 0 bridgehead atoms. The van der Waals surface area contributed by atoms with Crippen molar-refractivity contribution in [1.82, 2.24) is 0 Å². The summed E-state index contributed by atoms with van der Waals surface area (Å²) in [6.45, 7) is 10.2. The number of benzene rings is 1. The molecule has 1 aliphatic rings. The molecule has 0 aliphatic carbocycles. The van der Waals surface area contributed by atoms with Crippen molar-refractivity contribution in [2.75, 3.05) is 6.61 Å². The van der Waals surface area contributed by atoms with Crippen LogP contribution in [0, 0.1) is 0 Å². The summed E-state index contributed by atoms with van der Waals surface area (Å²) < 4.78 is 5.87. The van der Waals surface area contributed by atoms with Gasteiger partial charge in [0.15, 0.2) is 0 Å². The molecular weight excluding hydrogens is 260 g/mol. The maximum Gasteiger partial charge on any atom is 0.127 e. The van der Waals surface area contributed by atoms with Crippen LogP contribution in [0.3, 0.4) is 0 Å². The van der Waals surface area contributed by atoms with E-state index in [1.807, 2.05) is 24.3 Å². The highest BCUT2D eigenvalue weighted by Gasteiger charge is 2.22. The number of ether oxygens (including phenoxy) is 1. The van der Waals surface area contributed by atoms with Crippen molar-refractivity contribution in [2.45, 2.75) is 39.2 Å². The van der Waals surface area contributed by atoms with Gasteiger partial charge in [-0.15, -0.1) is 0 Å². The van der Waals surface area contributed by atoms with Gasteiger partial charge in [0.1, 0.15) is 5.75 Å². The smallest absolute Gasteiger partial charge is 0.127 e. The van der Waals surface area contributed by atoms with E-state index in [2.05, 4.69) is 25.7 Å². The van der Waals surface area contributed by atoms with Crippen LogP contribution in [0.15, 0.2) is 48.6 Å². The summed E-state index contributed by atoms with van der Waals surface area (Å²) in [4.78, 5) is 0. The van der Waals surface area contributed by atoms with Gasteiger partial charge in [0, 0.05) is 12.0 Å². The summed E-state index contributed by atoms with van der Waals surface area (Å²) in [5.74, 6) is 0.884. The molecule has 1 heterocycles. The van der Waals surface area contributed by atoms with Crippen molar-refractivity contribution in [3.05, 3.63) is 59.7 Å². The second-order valence-electron chi connectivity index (χ2n) is 5.82. The zero-order chi connectivity index (χ0) is 15.5. The third kappa shape index (κ3) is 3.45. The molecule has 0 aromatic heterocycles. The van der Waals surface area contributed by atoms with Crippen molar-refractivity contribution in [3.8, 4) is 5.75 Å². The number of rotatable bonds is 3. The Hall–Kier alpha value is -1.80. The molecule has 2 rings (SSSR count). The van der Waals surface area contributed by atoms with Crippen molar-refractivity contribution >= 4 is 5.57 Å². The molecule has 1 N–H and O–H groups in total. The van der Waals surface area contributed by atoms with Gasteiger partial charge in [-0.1, -0.05) is 37.8 Å². The van der Waals surface area contributed by atoms with Crippen LogP contribution in [0.4, 0.5) is 0 Å². The fraction of sp³-hybridized carbons (Fsp3) is 0.368. The summed E-state index contributed by atoms with van der Waals surface area (Å²) in [6, 6.07) is 5.94. The van der Waals surface area contributed by atoms with Gasteiger partial charge in [-0.25, -0.2) is 0 Å². The average molecular weight is 284 g/mol.